The minimum atomic E-state index is -0.156. The second-order valence-electron chi connectivity index (χ2n) is 9.70. The molecule has 40 heavy (non-hydrogen) atoms. The highest BCUT2D eigenvalue weighted by Gasteiger charge is 2.21. The Morgan fingerprint density at radius 3 is 1.27 bits per heavy atom. The van der Waals surface area contributed by atoms with Gasteiger partial charge in [-0.15, -0.1) is 0 Å². The van der Waals surface area contributed by atoms with Gasteiger partial charge in [0.05, 0.1) is 0 Å². The van der Waals surface area contributed by atoms with Gasteiger partial charge in [-0.05, 0) is 76.3 Å². The van der Waals surface area contributed by atoms with Crippen LogP contribution in [-0.2, 0) is 0 Å². The van der Waals surface area contributed by atoms with Gasteiger partial charge in [0.15, 0.2) is 0 Å². The molecule has 0 aliphatic heterocycles. The van der Waals surface area contributed by atoms with Crippen LogP contribution in [0.1, 0.15) is 22.6 Å². The van der Waals surface area contributed by atoms with Crippen molar-refractivity contribution >= 4 is 0 Å². The van der Waals surface area contributed by atoms with Crippen LogP contribution in [0.25, 0.3) is 22.3 Å². The number of phenolic OH excluding ortho intramolecular Hbond substituents is 2. The zero-order valence-electron chi connectivity index (χ0n) is 21.8. The summed E-state index contributed by atoms with van der Waals surface area (Å²) in [4.78, 5) is 0. The van der Waals surface area contributed by atoms with E-state index in [0.29, 0.717) is 0 Å². The maximum atomic E-state index is 10.8. The molecule has 0 aliphatic rings. The van der Waals surface area contributed by atoms with Gasteiger partial charge in [-0.2, -0.15) is 0 Å². The monoisotopic (exact) mass is 520 g/mol. The third-order valence-corrected chi connectivity index (χ3v) is 7.07. The van der Waals surface area contributed by atoms with E-state index in [-0.39, 0.29) is 17.4 Å². The van der Waals surface area contributed by atoms with Crippen LogP contribution in [0.5, 0.6) is 23.0 Å². The molecular weight excluding hydrogens is 492 g/mol. The second-order valence-corrected chi connectivity index (χ2v) is 9.70. The van der Waals surface area contributed by atoms with Crippen molar-refractivity contribution in [2.75, 3.05) is 0 Å². The number of phenols is 2. The molecule has 0 amide bonds. The second kappa shape index (κ2) is 11.2. The first-order valence-corrected chi connectivity index (χ1v) is 13.3. The Labute approximate surface area is 234 Å². The van der Waals surface area contributed by atoms with Crippen LogP contribution in [0, 0.1) is 0 Å². The average Bonchev–Trinajstić information content (AvgIpc) is 3.01. The van der Waals surface area contributed by atoms with E-state index in [1.165, 1.54) is 0 Å². The molecule has 0 saturated heterocycles. The van der Waals surface area contributed by atoms with Gasteiger partial charge in [0.2, 0.25) is 0 Å². The van der Waals surface area contributed by atoms with Crippen LogP contribution < -0.4 is 4.74 Å². The summed E-state index contributed by atoms with van der Waals surface area (Å²) >= 11 is 0. The summed E-state index contributed by atoms with van der Waals surface area (Å²) in [6.45, 7) is 0. The number of rotatable bonds is 7. The molecule has 6 aromatic rings. The number of ether oxygens (including phenoxy) is 1. The predicted molar refractivity (Wildman–Crippen MR) is 161 cm³/mol. The molecule has 3 heteroatoms. The third kappa shape index (κ3) is 5.31. The highest BCUT2D eigenvalue weighted by molar-refractivity contribution is 5.73. The Hall–Kier alpha value is -5.28. The molecule has 6 rings (SSSR count). The number of para-hydroxylation sites is 1. The number of benzene rings is 6. The molecule has 3 nitrogen and oxygen atoms in total. The highest BCUT2D eigenvalue weighted by atomic mass is 16.5. The van der Waals surface area contributed by atoms with Crippen molar-refractivity contribution in [1.82, 2.24) is 0 Å². The predicted octanol–water partition coefficient (Wildman–Crippen LogP) is 9.40. The molecule has 0 fully saturated rings. The average molecular weight is 521 g/mol. The van der Waals surface area contributed by atoms with Gasteiger partial charge in [-0.3, -0.25) is 0 Å². The molecule has 6 aromatic carbocycles. The Morgan fingerprint density at radius 1 is 0.400 bits per heavy atom. The molecule has 0 radical (unpaired) electrons. The lowest BCUT2D eigenvalue weighted by Crippen LogP contribution is -2.04. The van der Waals surface area contributed by atoms with E-state index in [1.807, 2.05) is 115 Å². The maximum absolute atomic E-state index is 10.8. The van der Waals surface area contributed by atoms with E-state index in [2.05, 4.69) is 24.3 Å². The fourth-order valence-electron chi connectivity index (χ4n) is 5.09. The molecule has 0 bridgehead atoms. The SMILES string of the molecule is Oc1ccc(C(c2ccc(Oc3ccccc3)cc2)c2ccc(O)c(-c3ccccc3)c2)cc1-c1ccccc1. The lowest BCUT2D eigenvalue weighted by atomic mass is 9.82. The quantitative estimate of drug-likeness (QED) is 0.206. The fraction of sp³-hybridized carbons (Fsp3) is 0.0270. The number of aromatic hydroxyl groups is 2. The Kier molecular flexibility index (Phi) is 7.02. The van der Waals surface area contributed by atoms with E-state index in [1.54, 1.807) is 12.1 Å². The van der Waals surface area contributed by atoms with Gasteiger partial charge < -0.3 is 14.9 Å². The largest absolute Gasteiger partial charge is 0.507 e. The van der Waals surface area contributed by atoms with Gasteiger partial charge >= 0.3 is 0 Å². The summed E-state index contributed by atoms with van der Waals surface area (Å²) in [7, 11) is 0. The van der Waals surface area contributed by atoms with Gasteiger partial charge in [0, 0.05) is 17.0 Å². The Morgan fingerprint density at radius 2 is 0.800 bits per heavy atom. The van der Waals surface area contributed by atoms with Crippen LogP contribution >= 0.6 is 0 Å². The van der Waals surface area contributed by atoms with Crippen molar-refractivity contribution in [1.29, 1.82) is 0 Å². The summed E-state index contributed by atoms with van der Waals surface area (Å²) in [5.41, 5.74) is 6.56. The standard InChI is InChI=1S/C37H28O3/c38-35-22-18-29(24-33(35)26-10-4-1-5-11-26)37(28-16-20-32(21-17-28)40-31-14-8-3-9-15-31)30-19-23-36(39)34(25-30)27-12-6-2-7-13-27/h1-25,37-39H. The molecule has 0 spiro atoms. The van der Waals surface area contributed by atoms with Crippen molar-refractivity contribution in [3.05, 3.63) is 168 Å². The van der Waals surface area contributed by atoms with Crippen LogP contribution in [0.2, 0.25) is 0 Å². The third-order valence-electron chi connectivity index (χ3n) is 7.07. The molecule has 2 N–H and O–H groups in total. The summed E-state index contributed by atoms with van der Waals surface area (Å²) in [6, 6.07) is 49.2. The van der Waals surface area contributed by atoms with Crippen molar-refractivity contribution in [3.63, 3.8) is 0 Å². The van der Waals surface area contributed by atoms with Crippen molar-refractivity contribution in [3.8, 4) is 45.3 Å². The summed E-state index contributed by atoms with van der Waals surface area (Å²) in [5.74, 6) is 1.84. The minimum Gasteiger partial charge on any atom is -0.507 e. The summed E-state index contributed by atoms with van der Waals surface area (Å²) in [6.07, 6.45) is 0. The zero-order valence-corrected chi connectivity index (χ0v) is 21.8. The first-order chi connectivity index (χ1) is 19.7. The highest BCUT2D eigenvalue weighted by Crippen LogP contribution is 2.41. The number of hydrogen-bond donors (Lipinski definition) is 2. The van der Waals surface area contributed by atoms with Crippen LogP contribution in [0.4, 0.5) is 0 Å². The molecular formula is C37H28O3. The lowest BCUT2D eigenvalue weighted by Gasteiger charge is -2.22. The van der Waals surface area contributed by atoms with Crippen molar-refractivity contribution < 1.29 is 14.9 Å². The number of hydrogen-bond acceptors (Lipinski definition) is 3. The van der Waals surface area contributed by atoms with E-state index < -0.39 is 0 Å². The van der Waals surface area contributed by atoms with E-state index in [4.69, 9.17) is 4.74 Å². The smallest absolute Gasteiger partial charge is 0.127 e. The van der Waals surface area contributed by atoms with E-state index in [0.717, 1.165) is 50.4 Å². The van der Waals surface area contributed by atoms with Gasteiger partial charge in [0.25, 0.3) is 0 Å². The molecule has 0 unspecified atom stereocenters. The van der Waals surface area contributed by atoms with Gasteiger partial charge in [0.1, 0.15) is 23.0 Å². The van der Waals surface area contributed by atoms with Gasteiger partial charge in [-0.25, -0.2) is 0 Å². The summed E-state index contributed by atoms with van der Waals surface area (Å²) < 4.78 is 6.04. The molecule has 194 valence electrons. The van der Waals surface area contributed by atoms with Crippen molar-refractivity contribution in [2.45, 2.75) is 5.92 Å². The van der Waals surface area contributed by atoms with E-state index >= 15 is 0 Å². The fourth-order valence-corrected chi connectivity index (χ4v) is 5.09. The van der Waals surface area contributed by atoms with Crippen LogP contribution in [-0.4, -0.2) is 10.2 Å². The maximum Gasteiger partial charge on any atom is 0.127 e. The molecule has 0 atom stereocenters. The first-order valence-electron chi connectivity index (χ1n) is 13.3. The first kappa shape index (κ1) is 25.0. The molecule has 0 heterocycles. The normalized spacial score (nSPS) is 10.9. The lowest BCUT2D eigenvalue weighted by molar-refractivity contribution is 0.477. The summed E-state index contributed by atoms with van der Waals surface area (Å²) in [5, 5.41) is 21.5. The Bertz CT molecular complexity index is 1620. The Balaban J connectivity index is 1.46. The minimum absolute atomic E-state index is 0.156. The van der Waals surface area contributed by atoms with Crippen molar-refractivity contribution in [2.24, 2.45) is 0 Å². The topological polar surface area (TPSA) is 49.7 Å². The molecule has 0 aromatic heterocycles. The van der Waals surface area contributed by atoms with E-state index in [9.17, 15) is 10.2 Å². The van der Waals surface area contributed by atoms with Crippen LogP contribution in [0.3, 0.4) is 0 Å². The molecule has 0 aliphatic carbocycles. The van der Waals surface area contributed by atoms with Crippen LogP contribution in [0.15, 0.2) is 152 Å². The van der Waals surface area contributed by atoms with Gasteiger partial charge in [-0.1, -0.05) is 103 Å². The zero-order chi connectivity index (χ0) is 27.3. The molecule has 0 saturated carbocycles.